The van der Waals surface area contributed by atoms with Gasteiger partial charge in [0.1, 0.15) is 10.0 Å². The molecule has 7 aromatic carbocycles. The number of benzene rings is 7. The number of nitrogens with zero attached hydrogens (tertiary/aromatic N) is 4. The Balaban J connectivity index is 1.19. The first kappa shape index (κ1) is 27.8. The van der Waals surface area contributed by atoms with Gasteiger partial charge in [-0.3, -0.25) is 0 Å². The van der Waals surface area contributed by atoms with E-state index in [1.54, 1.807) is 22.7 Å². The first-order valence-corrected chi connectivity index (χ1v) is 18.3. The molecule has 0 aliphatic heterocycles. The molecule has 0 saturated carbocycles. The third-order valence-electron chi connectivity index (χ3n) is 9.77. The van der Waals surface area contributed by atoms with E-state index in [1.165, 1.54) is 53.0 Å². The Morgan fingerprint density at radius 1 is 0.380 bits per heavy atom. The zero-order chi connectivity index (χ0) is 32.8. The van der Waals surface area contributed by atoms with Gasteiger partial charge in [0.05, 0.1) is 42.5 Å². The van der Waals surface area contributed by atoms with Gasteiger partial charge in [0.15, 0.2) is 0 Å². The van der Waals surface area contributed by atoms with Crippen LogP contribution in [0.4, 0.5) is 0 Å². The lowest BCUT2D eigenvalue weighted by molar-refractivity contribution is 1.14. The van der Waals surface area contributed by atoms with Crippen molar-refractivity contribution in [3.8, 4) is 32.5 Å². The highest BCUT2D eigenvalue weighted by Crippen LogP contribution is 2.43. The molecule has 11 aromatic rings. The molecule has 0 aliphatic carbocycles. The molecule has 4 aromatic heterocycles. The number of aromatic nitrogens is 4. The maximum Gasteiger partial charge on any atom is 0.124 e. The number of fused-ring (bicyclic) bond motifs is 10. The molecule has 234 valence electrons. The molecule has 11 rings (SSSR count). The van der Waals surface area contributed by atoms with Gasteiger partial charge in [-0.25, -0.2) is 9.97 Å². The van der Waals surface area contributed by atoms with Crippen molar-refractivity contribution in [3.63, 3.8) is 0 Å². The third kappa shape index (κ3) is 4.03. The summed E-state index contributed by atoms with van der Waals surface area (Å²) in [5.41, 5.74) is 11.3. The molecular weight excluding hydrogens is 649 g/mol. The van der Waals surface area contributed by atoms with E-state index < -0.39 is 0 Å². The highest BCUT2D eigenvalue weighted by atomic mass is 32.1. The molecule has 0 fully saturated rings. The van der Waals surface area contributed by atoms with Crippen molar-refractivity contribution in [3.05, 3.63) is 158 Å². The zero-order valence-electron chi connectivity index (χ0n) is 26.6. The van der Waals surface area contributed by atoms with Crippen LogP contribution in [0.1, 0.15) is 0 Å². The summed E-state index contributed by atoms with van der Waals surface area (Å²) >= 11 is 3.54. The minimum atomic E-state index is 1.02. The summed E-state index contributed by atoms with van der Waals surface area (Å²) in [5.74, 6) is 0. The van der Waals surface area contributed by atoms with Crippen molar-refractivity contribution in [2.75, 3.05) is 0 Å². The fourth-order valence-electron chi connectivity index (χ4n) is 7.58. The summed E-state index contributed by atoms with van der Waals surface area (Å²) in [6, 6.07) is 56.3. The fraction of sp³-hybridized carbons (Fsp3) is 0. The standard InChI is InChI=1S/C44H26N4S2/c1-3-12-27(13-4-1)43-45-35-24-22-33-31-18-7-9-20-37(31)47(39(33)41(35)49-43)29-16-11-17-30(26-29)48-38-21-10-8-19-32(38)34-23-25-36-42(40(34)48)50-44(46-36)28-14-5-2-6-15-28/h1-26H. The van der Waals surface area contributed by atoms with Crippen molar-refractivity contribution in [1.82, 2.24) is 19.1 Å². The van der Waals surface area contributed by atoms with Crippen LogP contribution in [0.2, 0.25) is 0 Å². The second-order valence-electron chi connectivity index (χ2n) is 12.6. The molecule has 0 aliphatic rings. The Morgan fingerprint density at radius 2 is 0.820 bits per heavy atom. The highest BCUT2D eigenvalue weighted by molar-refractivity contribution is 7.23. The third-order valence-corrected chi connectivity index (χ3v) is 12.0. The predicted octanol–water partition coefficient (Wildman–Crippen LogP) is 12.4. The van der Waals surface area contributed by atoms with Gasteiger partial charge < -0.3 is 9.13 Å². The van der Waals surface area contributed by atoms with Gasteiger partial charge in [0, 0.05) is 44.0 Å². The van der Waals surface area contributed by atoms with E-state index in [1.807, 2.05) is 0 Å². The lowest BCUT2D eigenvalue weighted by Crippen LogP contribution is -1.98. The number of para-hydroxylation sites is 2. The van der Waals surface area contributed by atoms with Crippen molar-refractivity contribution in [2.45, 2.75) is 0 Å². The molecule has 0 radical (unpaired) electrons. The van der Waals surface area contributed by atoms with Gasteiger partial charge in [-0.15, -0.1) is 22.7 Å². The van der Waals surface area contributed by atoms with E-state index in [0.717, 1.165) is 43.6 Å². The van der Waals surface area contributed by atoms with E-state index in [9.17, 15) is 0 Å². The molecule has 0 atom stereocenters. The van der Waals surface area contributed by atoms with Crippen LogP contribution >= 0.6 is 22.7 Å². The lowest BCUT2D eigenvalue weighted by atomic mass is 10.1. The monoisotopic (exact) mass is 674 g/mol. The van der Waals surface area contributed by atoms with Crippen LogP contribution in [0.15, 0.2) is 158 Å². The van der Waals surface area contributed by atoms with Gasteiger partial charge >= 0.3 is 0 Å². The molecule has 0 spiro atoms. The molecule has 4 nitrogen and oxygen atoms in total. The first-order chi connectivity index (χ1) is 24.8. The van der Waals surface area contributed by atoms with Gasteiger partial charge in [-0.2, -0.15) is 0 Å². The number of hydrogen-bond acceptors (Lipinski definition) is 4. The van der Waals surface area contributed by atoms with Gasteiger partial charge in [-0.05, 0) is 54.6 Å². The van der Waals surface area contributed by atoms with Gasteiger partial charge in [-0.1, -0.05) is 103 Å². The second kappa shape index (κ2) is 10.7. The minimum absolute atomic E-state index is 1.02. The Kier molecular flexibility index (Phi) is 5.96. The summed E-state index contributed by atoms with van der Waals surface area (Å²) in [6.07, 6.45) is 0. The number of hydrogen-bond donors (Lipinski definition) is 0. The molecule has 6 heteroatoms. The molecular formula is C44H26N4S2. The van der Waals surface area contributed by atoms with Crippen LogP contribution in [0.5, 0.6) is 0 Å². The minimum Gasteiger partial charge on any atom is -0.308 e. The van der Waals surface area contributed by atoms with Crippen LogP contribution in [-0.4, -0.2) is 19.1 Å². The normalized spacial score (nSPS) is 12.0. The van der Waals surface area contributed by atoms with Crippen LogP contribution in [0, 0.1) is 0 Å². The molecule has 0 N–H and O–H groups in total. The molecule has 0 unspecified atom stereocenters. The van der Waals surface area contributed by atoms with Gasteiger partial charge in [0.25, 0.3) is 0 Å². The molecule has 4 heterocycles. The Morgan fingerprint density at radius 3 is 1.30 bits per heavy atom. The maximum atomic E-state index is 5.11. The van der Waals surface area contributed by atoms with E-state index in [0.29, 0.717) is 0 Å². The van der Waals surface area contributed by atoms with E-state index in [2.05, 4.69) is 167 Å². The quantitative estimate of drug-likeness (QED) is 0.186. The molecule has 0 amide bonds. The fourth-order valence-corrected chi connectivity index (χ4v) is 9.80. The average molecular weight is 675 g/mol. The average Bonchev–Trinajstić information content (AvgIpc) is 3.96. The smallest absolute Gasteiger partial charge is 0.124 e. The Labute approximate surface area is 294 Å². The number of thiazole rings is 2. The van der Waals surface area contributed by atoms with Crippen molar-refractivity contribution < 1.29 is 0 Å². The van der Waals surface area contributed by atoms with Gasteiger partial charge in [0.2, 0.25) is 0 Å². The first-order valence-electron chi connectivity index (χ1n) is 16.7. The predicted molar refractivity (Wildman–Crippen MR) is 212 cm³/mol. The van der Waals surface area contributed by atoms with Crippen molar-refractivity contribution in [1.29, 1.82) is 0 Å². The van der Waals surface area contributed by atoms with E-state index in [-0.39, 0.29) is 0 Å². The highest BCUT2D eigenvalue weighted by Gasteiger charge is 2.21. The Hall–Kier alpha value is -6.08. The summed E-state index contributed by atoms with van der Waals surface area (Å²) < 4.78 is 7.26. The van der Waals surface area contributed by atoms with Crippen molar-refractivity contribution >= 4 is 86.7 Å². The van der Waals surface area contributed by atoms with E-state index in [4.69, 9.17) is 9.97 Å². The number of rotatable bonds is 4. The zero-order valence-corrected chi connectivity index (χ0v) is 28.2. The summed E-state index contributed by atoms with van der Waals surface area (Å²) in [4.78, 5) is 10.2. The summed E-state index contributed by atoms with van der Waals surface area (Å²) in [6.45, 7) is 0. The SMILES string of the molecule is c1ccc(-c2nc3ccc4c5ccccc5n(-c5cccc(-n6c7ccccc7c7ccc8nc(-c9ccccc9)sc8c76)c5)c4c3s2)cc1. The van der Waals surface area contributed by atoms with Crippen LogP contribution in [-0.2, 0) is 0 Å². The largest absolute Gasteiger partial charge is 0.308 e. The summed E-state index contributed by atoms with van der Waals surface area (Å²) in [7, 11) is 0. The lowest BCUT2D eigenvalue weighted by Gasteiger charge is -2.13. The molecule has 0 saturated heterocycles. The van der Waals surface area contributed by atoms with Crippen LogP contribution < -0.4 is 0 Å². The molecule has 50 heavy (non-hydrogen) atoms. The molecule has 0 bridgehead atoms. The van der Waals surface area contributed by atoms with Crippen LogP contribution in [0.25, 0.3) is 96.6 Å². The van der Waals surface area contributed by atoms with Crippen molar-refractivity contribution in [2.24, 2.45) is 0 Å². The van der Waals surface area contributed by atoms with Crippen LogP contribution in [0.3, 0.4) is 0 Å². The topological polar surface area (TPSA) is 35.6 Å². The second-order valence-corrected chi connectivity index (χ2v) is 14.6. The Bertz CT molecular complexity index is 2880. The van der Waals surface area contributed by atoms with E-state index >= 15 is 0 Å². The maximum absolute atomic E-state index is 5.11. The summed E-state index contributed by atoms with van der Waals surface area (Å²) in [5, 5.41) is 7.01.